The summed E-state index contributed by atoms with van der Waals surface area (Å²) >= 11 is 0. The summed E-state index contributed by atoms with van der Waals surface area (Å²) in [5, 5.41) is 3.15. The molecule has 0 saturated heterocycles. The Labute approximate surface area is 179 Å². The summed E-state index contributed by atoms with van der Waals surface area (Å²) < 4.78 is 5.66. The number of rotatable bonds is 8. The maximum absolute atomic E-state index is 13.0. The van der Waals surface area contributed by atoms with E-state index in [-0.39, 0.29) is 24.5 Å². The number of carbonyl (C=O) groups excluding carboxylic acids is 2. The van der Waals surface area contributed by atoms with Gasteiger partial charge in [-0.25, -0.2) is 0 Å². The van der Waals surface area contributed by atoms with Crippen LogP contribution in [-0.2, 0) is 16.1 Å². The summed E-state index contributed by atoms with van der Waals surface area (Å²) in [5.74, 6) is 0.341. The zero-order valence-corrected chi connectivity index (χ0v) is 18.0. The predicted molar refractivity (Wildman–Crippen MR) is 118 cm³/mol. The fourth-order valence-electron chi connectivity index (χ4n) is 3.79. The van der Waals surface area contributed by atoms with Crippen LogP contribution in [0.1, 0.15) is 50.2 Å². The van der Waals surface area contributed by atoms with Gasteiger partial charge in [0.25, 0.3) is 5.91 Å². The molecule has 2 amide bonds. The topological polar surface area (TPSA) is 58.6 Å². The Morgan fingerprint density at radius 3 is 2.37 bits per heavy atom. The van der Waals surface area contributed by atoms with Crippen molar-refractivity contribution in [1.29, 1.82) is 0 Å². The van der Waals surface area contributed by atoms with Crippen molar-refractivity contribution in [1.82, 2.24) is 10.2 Å². The first-order valence-electron chi connectivity index (χ1n) is 10.9. The number of aryl methyl sites for hydroxylation is 1. The van der Waals surface area contributed by atoms with Gasteiger partial charge in [0.1, 0.15) is 11.8 Å². The third kappa shape index (κ3) is 6.34. The maximum Gasteiger partial charge on any atom is 0.261 e. The summed E-state index contributed by atoms with van der Waals surface area (Å²) in [7, 11) is 0. The maximum atomic E-state index is 13.0. The van der Waals surface area contributed by atoms with E-state index in [1.807, 2.05) is 61.5 Å². The van der Waals surface area contributed by atoms with Crippen molar-refractivity contribution >= 4 is 11.8 Å². The van der Waals surface area contributed by atoms with Gasteiger partial charge in [0.15, 0.2) is 6.61 Å². The summed E-state index contributed by atoms with van der Waals surface area (Å²) in [6.45, 7) is 4.10. The molecular formula is C25H32N2O3. The van der Waals surface area contributed by atoms with E-state index in [0.29, 0.717) is 12.3 Å². The molecule has 0 spiro atoms. The molecule has 1 aliphatic rings. The van der Waals surface area contributed by atoms with Gasteiger partial charge in [0.2, 0.25) is 5.91 Å². The Morgan fingerprint density at radius 2 is 1.70 bits per heavy atom. The minimum absolute atomic E-state index is 0.0953. The number of nitrogens with one attached hydrogen (secondary N) is 1. The van der Waals surface area contributed by atoms with E-state index < -0.39 is 6.04 Å². The highest BCUT2D eigenvalue weighted by Gasteiger charge is 2.28. The summed E-state index contributed by atoms with van der Waals surface area (Å²) in [6.07, 6.45) is 5.56. The third-order valence-corrected chi connectivity index (χ3v) is 5.70. The summed E-state index contributed by atoms with van der Waals surface area (Å²) in [5.41, 5.74) is 2.15. The Hall–Kier alpha value is -2.82. The molecule has 5 heteroatoms. The highest BCUT2D eigenvalue weighted by Crippen LogP contribution is 2.18. The summed E-state index contributed by atoms with van der Waals surface area (Å²) in [4.78, 5) is 27.6. The third-order valence-electron chi connectivity index (χ3n) is 5.70. The molecule has 2 aromatic carbocycles. The van der Waals surface area contributed by atoms with Crippen molar-refractivity contribution < 1.29 is 14.3 Å². The minimum atomic E-state index is -0.569. The molecule has 160 valence electrons. The SMILES string of the molecule is Cc1ccc(CN(C(=O)COc2ccccc2)[C@@H](C)C(=O)NC2CCCCC2)cc1. The lowest BCUT2D eigenvalue weighted by molar-refractivity contribution is -0.142. The fourth-order valence-corrected chi connectivity index (χ4v) is 3.79. The molecule has 1 saturated carbocycles. The largest absolute Gasteiger partial charge is 0.484 e. The Bertz CT molecular complexity index is 814. The van der Waals surface area contributed by atoms with Crippen LogP contribution in [-0.4, -0.2) is 35.4 Å². The molecule has 30 heavy (non-hydrogen) atoms. The zero-order valence-electron chi connectivity index (χ0n) is 18.0. The van der Waals surface area contributed by atoms with Crippen LogP contribution in [0.15, 0.2) is 54.6 Å². The first-order chi connectivity index (χ1) is 14.5. The van der Waals surface area contributed by atoms with Crippen LogP contribution in [0.2, 0.25) is 0 Å². The lowest BCUT2D eigenvalue weighted by Gasteiger charge is -2.31. The van der Waals surface area contributed by atoms with Crippen molar-refractivity contribution in [2.24, 2.45) is 0 Å². The minimum Gasteiger partial charge on any atom is -0.484 e. The van der Waals surface area contributed by atoms with Gasteiger partial charge >= 0.3 is 0 Å². The average Bonchev–Trinajstić information content (AvgIpc) is 2.78. The molecule has 0 aromatic heterocycles. The second kappa shape index (κ2) is 10.8. The smallest absolute Gasteiger partial charge is 0.261 e. The molecule has 1 atom stereocenters. The molecule has 0 heterocycles. The van der Waals surface area contributed by atoms with E-state index in [0.717, 1.165) is 36.8 Å². The highest BCUT2D eigenvalue weighted by atomic mass is 16.5. The molecule has 0 radical (unpaired) electrons. The van der Waals surface area contributed by atoms with Crippen molar-refractivity contribution in [2.75, 3.05) is 6.61 Å². The molecule has 3 rings (SSSR count). The van der Waals surface area contributed by atoms with Crippen molar-refractivity contribution in [3.8, 4) is 5.75 Å². The lowest BCUT2D eigenvalue weighted by atomic mass is 9.95. The lowest BCUT2D eigenvalue weighted by Crippen LogP contribution is -2.51. The average molecular weight is 409 g/mol. The molecule has 1 N–H and O–H groups in total. The van der Waals surface area contributed by atoms with Crippen LogP contribution in [0.4, 0.5) is 0 Å². The Balaban J connectivity index is 1.68. The number of amides is 2. The van der Waals surface area contributed by atoms with Crippen LogP contribution in [0.3, 0.4) is 0 Å². The van der Waals surface area contributed by atoms with Crippen LogP contribution in [0.5, 0.6) is 5.75 Å². The monoisotopic (exact) mass is 408 g/mol. The molecule has 0 bridgehead atoms. The number of hydrogen-bond donors (Lipinski definition) is 1. The van der Waals surface area contributed by atoms with Crippen LogP contribution >= 0.6 is 0 Å². The second-order valence-electron chi connectivity index (χ2n) is 8.13. The van der Waals surface area contributed by atoms with Gasteiger partial charge in [-0.2, -0.15) is 0 Å². The number of ether oxygens (including phenoxy) is 1. The van der Waals surface area contributed by atoms with Gasteiger partial charge in [-0.05, 0) is 44.4 Å². The van der Waals surface area contributed by atoms with Gasteiger partial charge in [-0.1, -0.05) is 67.3 Å². The van der Waals surface area contributed by atoms with Gasteiger partial charge in [-0.3, -0.25) is 9.59 Å². The standard InChI is InChI=1S/C25H32N2O3/c1-19-13-15-21(16-14-19)17-27(24(28)18-30-23-11-7-4-8-12-23)20(2)25(29)26-22-9-5-3-6-10-22/h4,7-8,11-16,20,22H,3,5-6,9-10,17-18H2,1-2H3,(H,26,29)/t20-/m0/s1. The molecule has 2 aromatic rings. The van der Waals surface area contributed by atoms with E-state index >= 15 is 0 Å². The van der Waals surface area contributed by atoms with Crippen molar-refractivity contribution in [3.05, 3.63) is 65.7 Å². The van der Waals surface area contributed by atoms with Crippen molar-refractivity contribution in [2.45, 2.75) is 64.6 Å². The molecule has 5 nitrogen and oxygen atoms in total. The van der Waals surface area contributed by atoms with Crippen LogP contribution < -0.4 is 10.1 Å². The summed E-state index contributed by atoms with van der Waals surface area (Å²) in [6, 6.07) is 16.9. The number of carbonyl (C=O) groups is 2. The van der Waals surface area contributed by atoms with Gasteiger partial charge < -0.3 is 15.0 Å². The van der Waals surface area contributed by atoms with Gasteiger partial charge in [0.05, 0.1) is 0 Å². The predicted octanol–water partition coefficient (Wildman–Crippen LogP) is 4.24. The van der Waals surface area contributed by atoms with Crippen LogP contribution in [0, 0.1) is 6.92 Å². The molecule has 0 unspecified atom stereocenters. The first kappa shape index (κ1) is 21.9. The molecule has 1 fully saturated rings. The first-order valence-corrected chi connectivity index (χ1v) is 10.9. The quantitative estimate of drug-likeness (QED) is 0.711. The molecule has 1 aliphatic carbocycles. The van der Waals surface area contributed by atoms with Crippen molar-refractivity contribution in [3.63, 3.8) is 0 Å². The van der Waals surface area contributed by atoms with E-state index in [1.165, 1.54) is 6.42 Å². The van der Waals surface area contributed by atoms with E-state index in [2.05, 4.69) is 5.32 Å². The zero-order chi connectivity index (χ0) is 21.3. The highest BCUT2D eigenvalue weighted by molar-refractivity contribution is 5.88. The second-order valence-corrected chi connectivity index (χ2v) is 8.13. The van der Waals surface area contributed by atoms with Gasteiger partial charge in [0, 0.05) is 12.6 Å². The number of hydrogen-bond acceptors (Lipinski definition) is 3. The van der Waals surface area contributed by atoms with E-state index in [9.17, 15) is 9.59 Å². The Kier molecular flexibility index (Phi) is 7.89. The Morgan fingerprint density at radius 1 is 1.03 bits per heavy atom. The van der Waals surface area contributed by atoms with Crippen LogP contribution in [0.25, 0.3) is 0 Å². The molecular weight excluding hydrogens is 376 g/mol. The van der Waals surface area contributed by atoms with E-state index in [1.54, 1.807) is 11.8 Å². The normalized spacial score (nSPS) is 15.3. The number of benzene rings is 2. The number of nitrogens with zero attached hydrogens (tertiary/aromatic N) is 1. The van der Waals surface area contributed by atoms with E-state index in [4.69, 9.17) is 4.74 Å². The number of para-hydroxylation sites is 1. The van der Waals surface area contributed by atoms with Gasteiger partial charge in [-0.15, -0.1) is 0 Å². The molecule has 0 aliphatic heterocycles. The fraction of sp³-hybridized carbons (Fsp3) is 0.440.